The second kappa shape index (κ2) is 7.35. The molecule has 3 aromatic rings. The van der Waals surface area contributed by atoms with E-state index in [0.717, 1.165) is 10.5 Å². The maximum absolute atomic E-state index is 11.9. The average Bonchev–Trinajstić information content (AvgIpc) is 3.09. The van der Waals surface area contributed by atoms with Crippen molar-refractivity contribution in [1.29, 1.82) is 0 Å². The van der Waals surface area contributed by atoms with Crippen molar-refractivity contribution in [2.45, 2.75) is 4.90 Å². The molecule has 23 heavy (non-hydrogen) atoms. The second-order valence-corrected chi connectivity index (χ2v) is 6.75. The van der Waals surface area contributed by atoms with Crippen LogP contribution in [-0.4, -0.2) is 16.8 Å². The zero-order valence-corrected chi connectivity index (χ0v) is 13.8. The summed E-state index contributed by atoms with van der Waals surface area (Å²) < 4.78 is 5.33. The molecule has 3 nitrogen and oxygen atoms in total. The molecule has 5 heteroatoms. The fourth-order valence-electron chi connectivity index (χ4n) is 1.98. The highest BCUT2D eigenvalue weighted by Crippen LogP contribution is 2.27. The quantitative estimate of drug-likeness (QED) is 0.410. The zero-order chi connectivity index (χ0) is 16.1. The van der Waals surface area contributed by atoms with Crippen LogP contribution in [-0.2, 0) is 4.79 Å². The molecular weight excluding hydrogens is 328 g/mol. The van der Waals surface area contributed by atoms with E-state index in [4.69, 9.17) is 4.74 Å². The van der Waals surface area contributed by atoms with E-state index in [1.807, 2.05) is 23.6 Å². The molecule has 0 unspecified atom stereocenters. The predicted molar refractivity (Wildman–Crippen MR) is 94.2 cm³/mol. The summed E-state index contributed by atoms with van der Waals surface area (Å²) in [5.74, 6) is 0.675. The number of carbonyl (C=O) groups is 1. The largest absolute Gasteiger partial charge is 0.508 e. The van der Waals surface area contributed by atoms with E-state index >= 15 is 0 Å². The Morgan fingerprint density at radius 3 is 2.43 bits per heavy atom. The number of carbonyl (C=O) groups excluding carboxylic acids is 1. The molecule has 2 aromatic carbocycles. The van der Waals surface area contributed by atoms with Gasteiger partial charge >= 0.3 is 5.97 Å². The molecule has 0 bridgehead atoms. The topological polar surface area (TPSA) is 46.5 Å². The lowest BCUT2D eigenvalue weighted by Crippen LogP contribution is -2.10. The number of thiophene rings is 1. The van der Waals surface area contributed by atoms with Crippen molar-refractivity contribution in [2.24, 2.45) is 0 Å². The van der Waals surface area contributed by atoms with Crippen LogP contribution < -0.4 is 4.74 Å². The second-order valence-electron chi connectivity index (χ2n) is 4.76. The SMILES string of the molecule is O=C(CSc1ccc(O)cc1)Oc1ccc(-c2cccs2)cc1. The summed E-state index contributed by atoms with van der Waals surface area (Å²) in [6, 6.07) is 18.3. The van der Waals surface area contributed by atoms with Gasteiger partial charge in [-0.2, -0.15) is 0 Å². The number of ether oxygens (including phenoxy) is 1. The third-order valence-electron chi connectivity index (χ3n) is 3.09. The van der Waals surface area contributed by atoms with Gasteiger partial charge < -0.3 is 9.84 Å². The van der Waals surface area contributed by atoms with Crippen LogP contribution in [0.5, 0.6) is 11.5 Å². The fraction of sp³-hybridized carbons (Fsp3) is 0.0556. The summed E-state index contributed by atoms with van der Waals surface area (Å²) in [6.45, 7) is 0. The van der Waals surface area contributed by atoms with Crippen LogP contribution in [0.1, 0.15) is 0 Å². The standard InChI is InChI=1S/C18H14O3S2/c19-14-5-9-16(10-6-14)23-12-18(20)21-15-7-3-13(4-8-15)17-2-1-11-22-17/h1-11,19H,12H2. The number of phenols is 1. The van der Waals surface area contributed by atoms with Crippen molar-refractivity contribution in [3.63, 3.8) is 0 Å². The first-order chi connectivity index (χ1) is 11.2. The molecule has 0 spiro atoms. The number of rotatable bonds is 5. The Morgan fingerprint density at radius 2 is 1.78 bits per heavy atom. The van der Waals surface area contributed by atoms with E-state index in [9.17, 15) is 9.90 Å². The van der Waals surface area contributed by atoms with Crippen molar-refractivity contribution in [3.05, 3.63) is 66.0 Å². The molecule has 0 amide bonds. The number of esters is 1. The van der Waals surface area contributed by atoms with Gasteiger partial charge in [-0.3, -0.25) is 4.79 Å². The predicted octanol–water partition coefficient (Wildman–Crippen LogP) is 4.82. The number of phenolic OH excluding ortho intramolecular Hbond substituents is 1. The molecular formula is C18H14O3S2. The molecule has 116 valence electrons. The van der Waals surface area contributed by atoms with Crippen molar-refractivity contribution >= 4 is 29.1 Å². The molecule has 0 radical (unpaired) electrons. The summed E-state index contributed by atoms with van der Waals surface area (Å²) in [4.78, 5) is 14.0. The van der Waals surface area contributed by atoms with E-state index < -0.39 is 0 Å². The van der Waals surface area contributed by atoms with Crippen LogP contribution in [0.15, 0.2) is 70.9 Å². The Kier molecular flexibility index (Phi) is 5.00. The van der Waals surface area contributed by atoms with E-state index in [1.54, 1.807) is 47.7 Å². The van der Waals surface area contributed by atoms with Gasteiger partial charge in [0, 0.05) is 9.77 Å². The first-order valence-corrected chi connectivity index (χ1v) is 8.84. The molecule has 0 saturated carbocycles. The van der Waals surface area contributed by atoms with Gasteiger partial charge in [-0.05, 0) is 65.5 Å². The van der Waals surface area contributed by atoms with Gasteiger partial charge in [-0.25, -0.2) is 0 Å². The summed E-state index contributed by atoms with van der Waals surface area (Å²) >= 11 is 3.05. The first-order valence-electron chi connectivity index (χ1n) is 6.97. The van der Waals surface area contributed by atoms with Gasteiger partial charge in [0.25, 0.3) is 0 Å². The van der Waals surface area contributed by atoms with Gasteiger partial charge in [0.05, 0.1) is 5.75 Å². The molecule has 0 saturated heterocycles. The monoisotopic (exact) mass is 342 g/mol. The Hall–Kier alpha value is -2.24. The number of hydrogen-bond acceptors (Lipinski definition) is 5. The summed E-state index contributed by atoms with van der Waals surface area (Å²) in [5, 5.41) is 11.3. The van der Waals surface area contributed by atoms with Crippen LogP contribution in [0.4, 0.5) is 0 Å². The van der Waals surface area contributed by atoms with Crippen LogP contribution in [0.2, 0.25) is 0 Å². The lowest BCUT2D eigenvalue weighted by Gasteiger charge is -2.05. The lowest BCUT2D eigenvalue weighted by atomic mass is 10.2. The molecule has 0 aliphatic rings. The number of hydrogen-bond donors (Lipinski definition) is 1. The van der Waals surface area contributed by atoms with Gasteiger partial charge in [0.15, 0.2) is 0 Å². The summed E-state index contributed by atoms with van der Waals surface area (Å²) in [6.07, 6.45) is 0. The van der Waals surface area contributed by atoms with Crippen molar-refractivity contribution in [3.8, 4) is 21.9 Å². The van der Waals surface area contributed by atoms with E-state index in [-0.39, 0.29) is 17.5 Å². The molecule has 1 aromatic heterocycles. The van der Waals surface area contributed by atoms with Crippen LogP contribution in [0, 0.1) is 0 Å². The van der Waals surface area contributed by atoms with Gasteiger partial charge in [0.2, 0.25) is 0 Å². The van der Waals surface area contributed by atoms with Crippen molar-refractivity contribution in [2.75, 3.05) is 5.75 Å². The first kappa shape index (κ1) is 15.6. The maximum atomic E-state index is 11.9. The van der Waals surface area contributed by atoms with Gasteiger partial charge in [-0.15, -0.1) is 23.1 Å². The minimum absolute atomic E-state index is 0.211. The molecule has 1 N–H and O–H groups in total. The minimum Gasteiger partial charge on any atom is -0.508 e. The zero-order valence-electron chi connectivity index (χ0n) is 12.1. The lowest BCUT2D eigenvalue weighted by molar-refractivity contribution is -0.131. The third-order valence-corrected chi connectivity index (χ3v) is 4.99. The highest BCUT2D eigenvalue weighted by molar-refractivity contribution is 8.00. The third kappa shape index (κ3) is 4.37. The van der Waals surface area contributed by atoms with E-state index in [2.05, 4.69) is 6.07 Å². The Morgan fingerprint density at radius 1 is 1.04 bits per heavy atom. The smallest absolute Gasteiger partial charge is 0.321 e. The molecule has 0 aliphatic carbocycles. The Labute approximate surface area is 142 Å². The number of aromatic hydroxyl groups is 1. The Bertz CT molecular complexity index is 763. The Balaban J connectivity index is 1.54. The van der Waals surface area contributed by atoms with E-state index in [1.165, 1.54) is 16.6 Å². The number of benzene rings is 2. The summed E-state index contributed by atoms with van der Waals surface area (Å²) in [7, 11) is 0. The van der Waals surface area contributed by atoms with Gasteiger partial charge in [0.1, 0.15) is 11.5 Å². The van der Waals surface area contributed by atoms with Crippen LogP contribution >= 0.6 is 23.1 Å². The molecule has 0 fully saturated rings. The normalized spacial score (nSPS) is 10.4. The molecule has 3 rings (SSSR count). The maximum Gasteiger partial charge on any atom is 0.321 e. The summed E-state index contributed by atoms with van der Waals surface area (Å²) in [5.41, 5.74) is 1.11. The fourth-order valence-corrected chi connectivity index (χ4v) is 3.38. The highest BCUT2D eigenvalue weighted by Gasteiger charge is 2.07. The van der Waals surface area contributed by atoms with Crippen LogP contribution in [0.3, 0.4) is 0 Å². The minimum atomic E-state index is -0.299. The average molecular weight is 342 g/mol. The van der Waals surface area contributed by atoms with Crippen LogP contribution in [0.25, 0.3) is 10.4 Å². The molecule has 0 atom stereocenters. The molecule has 0 aliphatic heterocycles. The van der Waals surface area contributed by atoms with Crippen molar-refractivity contribution in [1.82, 2.24) is 0 Å². The van der Waals surface area contributed by atoms with E-state index in [0.29, 0.717) is 5.75 Å². The van der Waals surface area contributed by atoms with Gasteiger partial charge in [-0.1, -0.05) is 6.07 Å². The number of thioether (sulfide) groups is 1. The highest BCUT2D eigenvalue weighted by atomic mass is 32.2. The molecule has 1 heterocycles. The van der Waals surface area contributed by atoms with Crippen molar-refractivity contribution < 1.29 is 14.6 Å².